The zero-order chi connectivity index (χ0) is 19.9. The number of nitrogens with one attached hydrogen (secondary N) is 1. The monoisotopic (exact) mass is 397 g/mol. The van der Waals surface area contributed by atoms with Crippen molar-refractivity contribution in [2.45, 2.75) is 12.7 Å². The lowest BCUT2D eigenvalue weighted by molar-refractivity contribution is -0.266. The third-order valence-corrected chi connectivity index (χ3v) is 6.17. The van der Waals surface area contributed by atoms with E-state index in [4.69, 9.17) is 0 Å². The number of amides is 1. The third-order valence-electron chi connectivity index (χ3n) is 6.17. The van der Waals surface area contributed by atoms with Crippen molar-refractivity contribution in [3.05, 3.63) is 29.3 Å². The summed E-state index contributed by atoms with van der Waals surface area (Å²) in [4.78, 5) is 16.4. The predicted octanol–water partition coefficient (Wildman–Crippen LogP) is 0.822. The SMILES string of the molecule is O=C([O-])N1CCN(Cc2ccc(C(F)(F)F)cc2N2CC3CNCC3C2)CC1. The summed E-state index contributed by atoms with van der Waals surface area (Å²) in [5, 5.41) is 14.3. The van der Waals surface area contributed by atoms with E-state index in [0.29, 0.717) is 50.2 Å². The van der Waals surface area contributed by atoms with Gasteiger partial charge in [0.05, 0.1) is 5.56 Å². The van der Waals surface area contributed by atoms with Crippen molar-refractivity contribution >= 4 is 11.8 Å². The Hall–Kier alpha value is -2.00. The number of piperazine rings is 1. The van der Waals surface area contributed by atoms with Gasteiger partial charge in [0.25, 0.3) is 0 Å². The second-order valence-corrected chi connectivity index (χ2v) is 7.95. The fourth-order valence-electron chi connectivity index (χ4n) is 4.55. The minimum atomic E-state index is -4.37. The second kappa shape index (κ2) is 7.44. The number of anilines is 1. The van der Waals surface area contributed by atoms with E-state index in [1.807, 2.05) is 0 Å². The summed E-state index contributed by atoms with van der Waals surface area (Å²) in [6, 6.07) is 4.01. The quantitative estimate of drug-likeness (QED) is 0.819. The highest BCUT2D eigenvalue weighted by Crippen LogP contribution is 2.37. The Labute approximate surface area is 161 Å². The minimum Gasteiger partial charge on any atom is -0.530 e. The number of hydrogen-bond acceptors (Lipinski definition) is 5. The molecule has 0 radical (unpaired) electrons. The molecule has 0 spiro atoms. The van der Waals surface area contributed by atoms with Crippen LogP contribution in [0.25, 0.3) is 0 Å². The van der Waals surface area contributed by atoms with E-state index < -0.39 is 17.8 Å². The Morgan fingerprint density at radius 1 is 1.11 bits per heavy atom. The Morgan fingerprint density at radius 2 is 1.75 bits per heavy atom. The van der Waals surface area contributed by atoms with E-state index >= 15 is 0 Å². The largest absolute Gasteiger partial charge is 0.530 e. The molecule has 0 aliphatic carbocycles. The molecule has 4 rings (SSSR count). The number of carbonyl (C=O) groups excluding carboxylic acids is 1. The number of nitrogens with zero attached hydrogens (tertiary/aromatic N) is 3. The molecule has 0 bridgehead atoms. The van der Waals surface area contributed by atoms with Gasteiger partial charge < -0.3 is 25.0 Å². The summed E-state index contributed by atoms with van der Waals surface area (Å²) >= 11 is 0. The summed E-state index contributed by atoms with van der Waals surface area (Å²) in [7, 11) is 0. The van der Waals surface area contributed by atoms with Crippen LogP contribution in [0.5, 0.6) is 0 Å². The number of carboxylic acid groups (broad SMARTS) is 1. The number of rotatable bonds is 3. The van der Waals surface area contributed by atoms with Crippen molar-refractivity contribution in [3.8, 4) is 0 Å². The van der Waals surface area contributed by atoms with Crippen molar-refractivity contribution in [2.24, 2.45) is 11.8 Å². The fourth-order valence-corrected chi connectivity index (χ4v) is 4.55. The van der Waals surface area contributed by atoms with Gasteiger partial charge in [-0.05, 0) is 29.5 Å². The van der Waals surface area contributed by atoms with Crippen LogP contribution in [0.4, 0.5) is 23.7 Å². The molecule has 9 heteroatoms. The Morgan fingerprint density at radius 3 is 2.32 bits per heavy atom. The van der Waals surface area contributed by atoms with Crippen molar-refractivity contribution < 1.29 is 23.1 Å². The molecule has 3 saturated heterocycles. The van der Waals surface area contributed by atoms with Crippen molar-refractivity contribution in [1.29, 1.82) is 0 Å². The first kappa shape index (κ1) is 19.3. The number of benzene rings is 1. The molecular formula is C19H24F3N4O2-. The number of halogens is 3. The van der Waals surface area contributed by atoms with Gasteiger partial charge in [-0.2, -0.15) is 13.2 Å². The molecular weight excluding hydrogens is 373 g/mol. The molecule has 1 aromatic rings. The second-order valence-electron chi connectivity index (χ2n) is 7.95. The molecule has 28 heavy (non-hydrogen) atoms. The van der Waals surface area contributed by atoms with Crippen molar-refractivity contribution in [1.82, 2.24) is 15.1 Å². The molecule has 1 aromatic carbocycles. The zero-order valence-electron chi connectivity index (χ0n) is 15.5. The zero-order valence-corrected chi connectivity index (χ0v) is 15.5. The highest BCUT2D eigenvalue weighted by molar-refractivity contribution is 5.62. The summed E-state index contributed by atoms with van der Waals surface area (Å²) in [6.07, 6.45) is -5.54. The van der Waals surface area contributed by atoms with E-state index in [0.717, 1.165) is 37.8 Å². The molecule has 0 aromatic heterocycles. The Balaban J connectivity index is 1.54. The van der Waals surface area contributed by atoms with Crippen LogP contribution in [0, 0.1) is 11.8 Å². The maximum atomic E-state index is 13.3. The summed E-state index contributed by atoms with van der Waals surface area (Å²) in [5.41, 5.74) is 0.901. The van der Waals surface area contributed by atoms with Gasteiger partial charge in [-0.25, -0.2) is 0 Å². The van der Waals surface area contributed by atoms with E-state index in [2.05, 4.69) is 15.1 Å². The predicted molar refractivity (Wildman–Crippen MR) is 95.8 cm³/mol. The number of fused-ring (bicyclic) bond motifs is 1. The number of carbonyl (C=O) groups is 1. The average molecular weight is 397 g/mol. The van der Waals surface area contributed by atoms with E-state index in [9.17, 15) is 23.1 Å². The van der Waals surface area contributed by atoms with Gasteiger partial charge in [-0.15, -0.1) is 0 Å². The molecule has 2 atom stereocenters. The van der Waals surface area contributed by atoms with E-state index in [-0.39, 0.29) is 0 Å². The van der Waals surface area contributed by atoms with E-state index in [1.54, 1.807) is 6.07 Å². The molecule has 0 saturated carbocycles. The molecule has 3 heterocycles. The molecule has 2 unspecified atom stereocenters. The lowest BCUT2D eigenvalue weighted by Gasteiger charge is -2.36. The van der Waals surface area contributed by atoms with E-state index in [1.165, 1.54) is 11.0 Å². The first-order valence-corrected chi connectivity index (χ1v) is 9.65. The molecule has 1 N–H and O–H groups in total. The molecule has 3 aliphatic rings. The lowest BCUT2D eigenvalue weighted by Crippen LogP contribution is -2.52. The van der Waals surface area contributed by atoms with Gasteiger partial charge in [-0.1, -0.05) is 6.07 Å². The number of alkyl halides is 3. The first-order valence-electron chi connectivity index (χ1n) is 9.65. The molecule has 3 aliphatic heterocycles. The van der Waals surface area contributed by atoms with Gasteiger partial charge in [0.1, 0.15) is 6.09 Å². The minimum absolute atomic E-state index is 0.359. The van der Waals surface area contributed by atoms with Gasteiger partial charge in [0, 0.05) is 64.6 Å². The van der Waals surface area contributed by atoms with Crippen LogP contribution in [0.15, 0.2) is 18.2 Å². The fraction of sp³-hybridized carbons (Fsp3) is 0.632. The van der Waals surface area contributed by atoms with Gasteiger partial charge in [-0.3, -0.25) is 4.90 Å². The first-order chi connectivity index (χ1) is 13.3. The highest BCUT2D eigenvalue weighted by atomic mass is 19.4. The smallest absolute Gasteiger partial charge is 0.416 e. The Bertz CT molecular complexity index is 722. The molecule has 6 nitrogen and oxygen atoms in total. The summed E-state index contributed by atoms with van der Waals surface area (Å²) in [5.74, 6) is 0.961. The Kier molecular flexibility index (Phi) is 5.13. The lowest BCUT2D eigenvalue weighted by atomic mass is 10.0. The van der Waals surface area contributed by atoms with Gasteiger partial charge in [0.15, 0.2) is 0 Å². The van der Waals surface area contributed by atoms with Crippen molar-refractivity contribution in [2.75, 3.05) is 57.3 Å². The topological polar surface area (TPSA) is 61.9 Å². The maximum absolute atomic E-state index is 13.3. The van der Waals surface area contributed by atoms with Crippen LogP contribution in [-0.4, -0.2) is 68.3 Å². The normalized spacial score (nSPS) is 26.0. The molecule has 154 valence electrons. The van der Waals surface area contributed by atoms with Crippen LogP contribution in [0.1, 0.15) is 11.1 Å². The molecule has 3 fully saturated rings. The van der Waals surface area contributed by atoms with Crippen LogP contribution < -0.4 is 15.3 Å². The average Bonchev–Trinajstić information content (AvgIpc) is 3.23. The van der Waals surface area contributed by atoms with Gasteiger partial charge in [0.2, 0.25) is 0 Å². The summed E-state index contributed by atoms with van der Waals surface area (Å²) < 4.78 is 39.9. The van der Waals surface area contributed by atoms with Crippen LogP contribution in [0.3, 0.4) is 0 Å². The van der Waals surface area contributed by atoms with Crippen LogP contribution in [0.2, 0.25) is 0 Å². The highest BCUT2D eigenvalue weighted by Gasteiger charge is 2.38. The third kappa shape index (κ3) is 3.91. The standard InChI is InChI=1S/C19H25F3N4O2/c20-19(21,22)16-2-1-13(10-24-3-5-25(6-4-24)18(27)28)17(7-16)26-11-14-8-23-9-15(14)12-26/h1-2,7,14-15,23H,3-6,8-12H2,(H,27,28)/p-1. The molecule has 1 amide bonds. The maximum Gasteiger partial charge on any atom is 0.416 e. The number of hydrogen-bond donors (Lipinski definition) is 1. The van der Waals surface area contributed by atoms with Gasteiger partial charge >= 0.3 is 6.18 Å². The van der Waals surface area contributed by atoms with Crippen molar-refractivity contribution in [3.63, 3.8) is 0 Å². The summed E-state index contributed by atoms with van der Waals surface area (Å²) in [6.45, 7) is 5.69. The van der Waals surface area contributed by atoms with Crippen LogP contribution in [-0.2, 0) is 12.7 Å². The van der Waals surface area contributed by atoms with Crippen LogP contribution >= 0.6 is 0 Å².